The number of nitrogens with one attached hydrogen (secondary N) is 2. The number of carboxylic acid groups (broad SMARTS) is 1. The van der Waals surface area contributed by atoms with E-state index in [0.717, 1.165) is 0 Å². The molecule has 12 heteroatoms. The van der Waals surface area contributed by atoms with E-state index in [4.69, 9.17) is 4.74 Å². The van der Waals surface area contributed by atoms with E-state index < -0.39 is 44.8 Å². The molecule has 0 aliphatic heterocycles. The summed E-state index contributed by atoms with van der Waals surface area (Å²) in [6.07, 6.45) is 0.0914. The monoisotopic (exact) mass is 514 g/mol. The fourth-order valence-corrected chi connectivity index (χ4v) is 5.11. The number of sulfonamides is 1. The minimum atomic E-state index is -5.75. The topological polar surface area (TPSA) is 122 Å². The van der Waals surface area contributed by atoms with E-state index in [0.29, 0.717) is 23.5 Å². The highest BCUT2D eigenvalue weighted by atomic mass is 32.2. The molecule has 0 saturated heterocycles. The summed E-state index contributed by atoms with van der Waals surface area (Å²) in [5, 5.41) is 12.3. The standard InChI is InChI=1S/C23H25F3N2O6S/c1-2-12-22(13-18(19(22)20(29)30)28-35(32,33)23(24,25)26)21(31)27-14-15-8-10-17(11-9-15)34-16-6-4-3-5-7-16/h3-11,18-19,28H,2,12-14H2,1H3,(H,27,31)(H,29,30). The van der Waals surface area contributed by atoms with Crippen molar-refractivity contribution >= 4 is 21.9 Å². The molecule has 1 aliphatic carbocycles. The highest BCUT2D eigenvalue weighted by Crippen LogP contribution is 2.51. The summed E-state index contributed by atoms with van der Waals surface area (Å²) in [6, 6.07) is 14.4. The number of halogens is 3. The minimum absolute atomic E-state index is 0.0429. The van der Waals surface area contributed by atoms with Crippen LogP contribution in [-0.4, -0.2) is 37.0 Å². The number of rotatable bonds is 10. The van der Waals surface area contributed by atoms with E-state index in [2.05, 4.69) is 5.32 Å². The van der Waals surface area contributed by atoms with Gasteiger partial charge in [0.05, 0.1) is 11.3 Å². The minimum Gasteiger partial charge on any atom is -0.481 e. The van der Waals surface area contributed by atoms with Crippen LogP contribution in [0, 0.1) is 11.3 Å². The molecule has 3 N–H and O–H groups in total. The van der Waals surface area contributed by atoms with Crippen molar-refractivity contribution in [1.82, 2.24) is 10.0 Å². The third-order valence-electron chi connectivity index (χ3n) is 5.96. The van der Waals surface area contributed by atoms with Crippen molar-refractivity contribution in [2.24, 2.45) is 11.3 Å². The lowest BCUT2D eigenvalue weighted by Crippen LogP contribution is -2.67. The maximum atomic E-state index is 13.0. The molecule has 1 saturated carbocycles. The Morgan fingerprint density at radius 1 is 1.09 bits per heavy atom. The van der Waals surface area contributed by atoms with Gasteiger partial charge in [-0.3, -0.25) is 9.59 Å². The first-order valence-corrected chi connectivity index (χ1v) is 12.3. The number of carbonyl (C=O) groups is 2. The molecule has 3 atom stereocenters. The summed E-state index contributed by atoms with van der Waals surface area (Å²) in [4.78, 5) is 24.9. The first-order valence-electron chi connectivity index (χ1n) is 10.8. The van der Waals surface area contributed by atoms with Crippen molar-refractivity contribution < 1.29 is 41.0 Å². The van der Waals surface area contributed by atoms with Crippen molar-refractivity contribution in [1.29, 1.82) is 0 Å². The Balaban J connectivity index is 1.68. The predicted octanol–water partition coefficient (Wildman–Crippen LogP) is 3.79. The zero-order chi connectivity index (χ0) is 25.9. The molecule has 0 bridgehead atoms. The molecule has 0 aromatic heterocycles. The number of amides is 1. The van der Waals surface area contributed by atoms with Gasteiger partial charge in [0.1, 0.15) is 11.5 Å². The van der Waals surface area contributed by atoms with Gasteiger partial charge < -0.3 is 15.2 Å². The van der Waals surface area contributed by atoms with Gasteiger partial charge in [-0.25, -0.2) is 13.1 Å². The highest BCUT2D eigenvalue weighted by Gasteiger charge is 2.63. The number of alkyl halides is 3. The van der Waals surface area contributed by atoms with Crippen LogP contribution in [0.2, 0.25) is 0 Å². The molecule has 190 valence electrons. The van der Waals surface area contributed by atoms with Crippen LogP contribution in [0.5, 0.6) is 11.5 Å². The van der Waals surface area contributed by atoms with Crippen molar-refractivity contribution in [2.75, 3.05) is 0 Å². The van der Waals surface area contributed by atoms with Crippen LogP contribution in [0.1, 0.15) is 31.7 Å². The number of para-hydroxylation sites is 1. The largest absolute Gasteiger partial charge is 0.511 e. The van der Waals surface area contributed by atoms with E-state index in [1.807, 2.05) is 18.2 Å². The molecular weight excluding hydrogens is 489 g/mol. The third kappa shape index (κ3) is 5.76. The quantitative estimate of drug-likeness (QED) is 0.444. The summed E-state index contributed by atoms with van der Waals surface area (Å²) in [5.74, 6) is -2.62. The molecule has 0 radical (unpaired) electrons. The zero-order valence-corrected chi connectivity index (χ0v) is 19.5. The van der Waals surface area contributed by atoms with Crippen LogP contribution in [-0.2, 0) is 26.2 Å². The Labute approximate surface area is 200 Å². The van der Waals surface area contributed by atoms with Gasteiger partial charge in [-0.05, 0) is 42.7 Å². The van der Waals surface area contributed by atoms with Gasteiger partial charge in [0.2, 0.25) is 5.91 Å². The Morgan fingerprint density at radius 2 is 1.69 bits per heavy atom. The Morgan fingerprint density at radius 3 is 2.23 bits per heavy atom. The first-order chi connectivity index (χ1) is 16.4. The summed E-state index contributed by atoms with van der Waals surface area (Å²) in [6.45, 7) is 1.74. The fourth-order valence-electron chi connectivity index (χ4n) is 4.36. The van der Waals surface area contributed by atoms with Crippen LogP contribution in [0.25, 0.3) is 0 Å². The van der Waals surface area contributed by atoms with Crippen molar-refractivity contribution in [3.05, 3.63) is 60.2 Å². The van der Waals surface area contributed by atoms with Crippen molar-refractivity contribution in [3.8, 4) is 11.5 Å². The molecule has 2 aromatic rings. The summed E-state index contributed by atoms with van der Waals surface area (Å²) >= 11 is 0. The van der Waals surface area contributed by atoms with Gasteiger partial charge in [0.15, 0.2) is 0 Å². The number of hydrogen-bond acceptors (Lipinski definition) is 5. The molecule has 1 fully saturated rings. The summed E-state index contributed by atoms with van der Waals surface area (Å²) in [5.41, 5.74) is -6.43. The highest BCUT2D eigenvalue weighted by molar-refractivity contribution is 7.90. The van der Waals surface area contributed by atoms with E-state index in [1.165, 1.54) is 4.72 Å². The third-order valence-corrected chi connectivity index (χ3v) is 7.19. The lowest BCUT2D eigenvalue weighted by Gasteiger charge is -2.51. The maximum Gasteiger partial charge on any atom is 0.511 e. The number of aliphatic carboxylic acids is 1. The number of ether oxygens (including phenoxy) is 1. The Kier molecular flexibility index (Phi) is 7.75. The number of carbonyl (C=O) groups excluding carboxylic acids is 1. The number of hydrogen-bond donors (Lipinski definition) is 3. The molecule has 0 spiro atoms. The Bertz CT molecular complexity index is 1160. The van der Waals surface area contributed by atoms with Gasteiger partial charge in [-0.1, -0.05) is 43.7 Å². The smallest absolute Gasteiger partial charge is 0.481 e. The molecule has 3 unspecified atom stereocenters. The summed E-state index contributed by atoms with van der Waals surface area (Å²) < 4.78 is 68.3. The fraction of sp³-hybridized carbons (Fsp3) is 0.391. The lowest BCUT2D eigenvalue weighted by atomic mass is 9.54. The van der Waals surface area contributed by atoms with Crippen LogP contribution >= 0.6 is 0 Å². The Hall–Kier alpha value is -3.12. The van der Waals surface area contributed by atoms with E-state index in [1.54, 1.807) is 43.3 Å². The van der Waals surface area contributed by atoms with Crippen LogP contribution in [0.15, 0.2) is 54.6 Å². The van der Waals surface area contributed by atoms with Gasteiger partial charge in [-0.2, -0.15) is 13.2 Å². The predicted molar refractivity (Wildman–Crippen MR) is 120 cm³/mol. The molecule has 2 aromatic carbocycles. The van der Waals surface area contributed by atoms with E-state index in [-0.39, 0.29) is 19.4 Å². The molecular formula is C23H25F3N2O6S. The van der Waals surface area contributed by atoms with Gasteiger partial charge in [0, 0.05) is 12.6 Å². The SMILES string of the molecule is CCCC1(C(=O)NCc2ccc(Oc3ccccc3)cc2)CC(NS(=O)(=O)C(F)(F)F)C1C(=O)O. The number of benzene rings is 2. The molecule has 8 nitrogen and oxygen atoms in total. The van der Waals surface area contributed by atoms with Crippen molar-refractivity contribution in [3.63, 3.8) is 0 Å². The van der Waals surface area contributed by atoms with Gasteiger partial charge in [0.25, 0.3) is 0 Å². The van der Waals surface area contributed by atoms with Gasteiger partial charge in [-0.15, -0.1) is 0 Å². The number of carboxylic acids is 1. The lowest BCUT2D eigenvalue weighted by molar-refractivity contribution is -0.167. The maximum absolute atomic E-state index is 13.0. The molecule has 1 amide bonds. The normalized spacial score (nSPS) is 22.2. The molecule has 0 heterocycles. The second-order valence-corrected chi connectivity index (χ2v) is 10.0. The van der Waals surface area contributed by atoms with Crippen molar-refractivity contribution in [2.45, 2.75) is 44.3 Å². The molecule has 1 aliphatic rings. The van der Waals surface area contributed by atoms with Crippen LogP contribution < -0.4 is 14.8 Å². The first kappa shape index (κ1) is 26.5. The average molecular weight is 515 g/mol. The second-order valence-electron chi connectivity index (χ2n) is 8.34. The molecule has 35 heavy (non-hydrogen) atoms. The van der Waals surface area contributed by atoms with Crippen LogP contribution in [0.4, 0.5) is 13.2 Å². The zero-order valence-electron chi connectivity index (χ0n) is 18.7. The van der Waals surface area contributed by atoms with E-state index in [9.17, 15) is 36.3 Å². The average Bonchev–Trinajstić information content (AvgIpc) is 2.76. The molecule has 3 rings (SSSR count). The van der Waals surface area contributed by atoms with E-state index >= 15 is 0 Å². The van der Waals surface area contributed by atoms with Crippen LogP contribution in [0.3, 0.4) is 0 Å². The second kappa shape index (κ2) is 10.2. The van der Waals surface area contributed by atoms with Gasteiger partial charge >= 0.3 is 21.5 Å². The summed E-state index contributed by atoms with van der Waals surface area (Å²) in [7, 11) is -5.75.